The molecule has 0 spiro atoms. The fourth-order valence-electron chi connectivity index (χ4n) is 2.55. The molecule has 1 amide bonds. The van der Waals surface area contributed by atoms with Gasteiger partial charge < -0.3 is 14.8 Å². The Morgan fingerprint density at radius 2 is 2.13 bits per heavy atom. The first-order chi connectivity index (χ1) is 10.9. The number of ether oxygens (including phenoxy) is 2. The lowest BCUT2D eigenvalue weighted by Gasteiger charge is -2.21. The highest BCUT2D eigenvalue weighted by molar-refractivity contribution is 7.88. The predicted octanol–water partition coefficient (Wildman–Crippen LogP) is 0.614. The third-order valence-corrected chi connectivity index (χ3v) is 4.93. The van der Waals surface area contributed by atoms with Gasteiger partial charge in [-0.15, -0.1) is 0 Å². The van der Waals surface area contributed by atoms with E-state index in [1.807, 2.05) is 12.1 Å². The van der Waals surface area contributed by atoms with Crippen LogP contribution < -0.4 is 14.8 Å². The second-order valence-electron chi connectivity index (χ2n) is 5.35. The smallest absolute Gasteiger partial charge is 0.238 e. The van der Waals surface area contributed by atoms with Gasteiger partial charge in [-0.25, -0.2) is 8.42 Å². The maximum atomic E-state index is 12.1. The topological polar surface area (TPSA) is 84.9 Å². The number of rotatable bonds is 7. The van der Waals surface area contributed by atoms with Crippen LogP contribution in [0.25, 0.3) is 0 Å². The molecule has 1 fully saturated rings. The van der Waals surface area contributed by atoms with Crippen LogP contribution in [0, 0.1) is 0 Å². The van der Waals surface area contributed by atoms with Gasteiger partial charge in [0.05, 0.1) is 19.9 Å². The molecule has 0 aliphatic carbocycles. The Morgan fingerprint density at radius 3 is 2.83 bits per heavy atom. The maximum Gasteiger partial charge on any atom is 0.238 e. The summed E-state index contributed by atoms with van der Waals surface area (Å²) in [5, 5.41) is 2.72. The highest BCUT2D eigenvalue weighted by atomic mass is 32.2. The third kappa shape index (κ3) is 4.84. The van der Waals surface area contributed by atoms with Crippen molar-refractivity contribution in [1.82, 2.24) is 9.62 Å². The first kappa shape index (κ1) is 17.6. The summed E-state index contributed by atoms with van der Waals surface area (Å²) < 4.78 is 35.1. The monoisotopic (exact) mass is 342 g/mol. The minimum absolute atomic E-state index is 0.276. The van der Waals surface area contributed by atoms with E-state index in [1.165, 1.54) is 4.31 Å². The molecule has 0 radical (unpaired) electrons. The Balaban J connectivity index is 1.78. The maximum absolute atomic E-state index is 12.1. The largest absolute Gasteiger partial charge is 0.497 e. The SMILES string of the molecule is COc1cccc(OCCNC(=O)C2CCCN2S(C)(=O)=O)c1. The van der Waals surface area contributed by atoms with Gasteiger partial charge in [0.2, 0.25) is 15.9 Å². The van der Waals surface area contributed by atoms with Gasteiger partial charge in [0, 0.05) is 12.6 Å². The summed E-state index contributed by atoms with van der Waals surface area (Å²) in [5.74, 6) is 1.07. The van der Waals surface area contributed by atoms with Crippen LogP contribution in [0.15, 0.2) is 24.3 Å². The lowest BCUT2D eigenvalue weighted by molar-refractivity contribution is -0.124. The predicted molar refractivity (Wildman–Crippen MR) is 86.1 cm³/mol. The first-order valence-corrected chi connectivity index (χ1v) is 9.28. The van der Waals surface area contributed by atoms with Crippen molar-refractivity contribution in [2.75, 3.05) is 33.1 Å². The van der Waals surface area contributed by atoms with E-state index in [2.05, 4.69) is 5.32 Å². The van der Waals surface area contributed by atoms with Crippen LogP contribution >= 0.6 is 0 Å². The van der Waals surface area contributed by atoms with Crippen LogP contribution in [-0.4, -0.2) is 57.7 Å². The second kappa shape index (κ2) is 7.65. The molecule has 128 valence electrons. The number of methoxy groups -OCH3 is 1. The average Bonchev–Trinajstić information content (AvgIpc) is 3.01. The quantitative estimate of drug-likeness (QED) is 0.734. The minimum atomic E-state index is -3.35. The van der Waals surface area contributed by atoms with Crippen LogP contribution in [0.4, 0.5) is 0 Å². The number of nitrogens with zero attached hydrogens (tertiary/aromatic N) is 1. The molecular formula is C15H22N2O5S. The standard InChI is InChI=1S/C15H22N2O5S/c1-21-12-5-3-6-13(11-12)22-10-8-16-15(18)14-7-4-9-17(14)23(2,19)20/h3,5-6,11,14H,4,7-10H2,1-2H3,(H,16,18). The van der Waals surface area contributed by atoms with E-state index in [9.17, 15) is 13.2 Å². The number of nitrogens with one attached hydrogen (secondary N) is 1. The Kier molecular flexibility index (Phi) is 5.84. The Labute approximate surface area is 136 Å². The van der Waals surface area contributed by atoms with Crippen molar-refractivity contribution in [3.05, 3.63) is 24.3 Å². The van der Waals surface area contributed by atoms with Gasteiger partial charge in [0.1, 0.15) is 24.1 Å². The molecule has 0 aromatic heterocycles. The zero-order chi connectivity index (χ0) is 16.9. The van der Waals surface area contributed by atoms with E-state index in [4.69, 9.17) is 9.47 Å². The normalized spacial score (nSPS) is 18.6. The summed E-state index contributed by atoms with van der Waals surface area (Å²) >= 11 is 0. The van der Waals surface area contributed by atoms with E-state index in [1.54, 1.807) is 19.2 Å². The zero-order valence-corrected chi connectivity index (χ0v) is 14.1. The molecule has 1 atom stereocenters. The van der Waals surface area contributed by atoms with Crippen LogP contribution in [0.2, 0.25) is 0 Å². The molecule has 1 N–H and O–H groups in total. The number of benzene rings is 1. The summed E-state index contributed by atoms with van der Waals surface area (Å²) in [7, 11) is -1.77. The second-order valence-corrected chi connectivity index (χ2v) is 7.29. The van der Waals surface area contributed by atoms with Crippen molar-refractivity contribution < 1.29 is 22.7 Å². The molecule has 1 aromatic carbocycles. The van der Waals surface area contributed by atoms with Gasteiger partial charge in [-0.2, -0.15) is 4.31 Å². The molecule has 1 aromatic rings. The van der Waals surface area contributed by atoms with E-state index < -0.39 is 16.1 Å². The van der Waals surface area contributed by atoms with Crippen LogP contribution in [0.5, 0.6) is 11.5 Å². The molecule has 0 saturated carbocycles. The number of hydrogen-bond donors (Lipinski definition) is 1. The van der Waals surface area contributed by atoms with Gasteiger partial charge in [-0.3, -0.25) is 4.79 Å². The minimum Gasteiger partial charge on any atom is -0.497 e. The van der Waals surface area contributed by atoms with Crippen molar-refractivity contribution in [3.63, 3.8) is 0 Å². The molecule has 7 nitrogen and oxygen atoms in total. The molecule has 2 rings (SSSR count). The van der Waals surface area contributed by atoms with Crippen LogP contribution in [0.3, 0.4) is 0 Å². The average molecular weight is 342 g/mol. The van der Waals surface area contributed by atoms with Crippen LogP contribution in [0.1, 0.15) is 12.8 Å². The molecule has 23 heavy (non-hydrogen) atoms. The highest BCUT2D eigenvalue weighted by Crippen LogP contribution is 2.20. The van der Waals surface area contributed by atoms with Crippen molar-refractivity contribution in [1.29, 1.82) is 0 Å². The number of amides is 1. The number of carbonyl (C=O) groups is 1. The molecular weight excluding hydrogens is 320 g/mol. The summed E-state index contributed by atoms with van der Waals surface area (Å²) in [6.45, 7) is 1.01. The molecule has 1 heterocycles. The fourth-order valence-corrected chi connectivity index (χ4v) is 3.68. The summed E-state index contributed by atoms with van der Waals surface area (Å²) in [6.07, 6.45) is 2.38. The molecule has 1 aliphatic heterocycles. The lowest BCUT2D eigenvalue weighted by atomic mass is 10.2. The Morgan fingerprint density at radius 1 is 1.39 bits per heavy atom. The molecule has 0 bridgehead atoms. The third-order valence-electron chi connectivity index (χ3n) is 3.64. The summed E-state index contributed by atoms with van der Waals surface area (Å²) in [5.41, 5.74) is 0. The van der Waals surface area contributed by atoms with Gasteiger partial charge in [0.25, 0.3) is 0 Å². The van der Waals surface area contributed by atoms with Gasteiger partial charge in [0.15, 0.2) is 0 Å². The number of hydrogen-bond acceptors (Lipinski definition) is 5. The first-order valence-electron chi connectivity index (χ1n) is 7.43. The fraction of sp³-hybridized carbons (Fsp3) is 0.533. The zero-order valence-electron chi connectivity index (χ0n) is 13.3. The van der Waals surface area contributed by atoms with E-state index in [-0.39, 0.29) is 5.91 Å². The van der Waals surface area contributed by atoms with Crippen LogP contribution in [-0.2, 0) is 14.8 Å². The molecule has 1 saturated heterocycles. The van der Waals surface area contributed by atoms with Gasteiger partial charge >= 0.3 is 0 Å². The summed E-state index contributed by atoms with van der Waals surface area (Å²) in [4.78, 5) is 12.1. The number of sulfonamides is 1. The van der Waals surface area contributed by atoms with E-state index >= 15 is 0 Å². The van der Waals surface area contributed by atoms with Crippen molar-refractivity contribution in [3.8, 4) is 11.5 Å². The van der Waals surface area contributed by atoms with Gasteiger partial charge in [-0.1, -0.05) is 6.07 Å². The number of carbonyl (C=O) groups excluding carboxylic acids is 1. The Hall–Kier alpha value is -1.80. The molecule has 1 unspecified atom stereocenters. The lowest BCUT2D eigenvalue weighted by Crippen LogP contribution is -2.46. The molecule has 8 heteroatoms. The Bertz CT molecular complexity index is 647. The van der Waals surface area contributed by atoms with E-state index in [0.29, 0.717) is 44.0 Å². The highest BCUT2D eigenvalue weighted by Gasteiger charge is 2.36. The van der Waals surface area contributed by atoms with Gasteiger partial charge in [-0.05, 0) is 25.0 Å². The van der Waals surface area contributed by atoms with Crippen molar-refractivity contribution >= 4 is 15.9 Å². The van der Waals surface area contributed by atoms with Crippen molar-refractivity contribution in [2.24, 2.45) is 0 Å². The van der Waals surface area contributed by atoms with Crippen molar-refractivity contribution in [2.45, 2.75) is 18.9 Å². The molecule has 1 aliphatic rings. The summed E-state index contributed by atoms with van der Waals surface area (Å²) in [6, 6.07) is 6.57. The van der Waals surface area contributed by atoms with E-state index in [0.717, 1.165) is 6.26 Å².